The van der Waals surface area contributed by atoms with Crippen LogP contribution in [0.5, 0.6) is 5.75 Å². The topological polar surface area (TPSA) is 49.7 Å². The molecule has 6 atom stereocenters. The Morgan fingerprint density at radius 1 is 1.22 bits per heavy atom. The van der Waals surface area contributed by atoms with Crippen LogP contribution in [-0.4, -0.2) is 30.0 Å². The number of ether oxygens (including phenoxy) is 1. The van der Waals surface area contributed by atoms with E-state index in [4.69, 9.17) is 4.74 Å². The van der Waals surface area contributed by atoms with Gasteiger partial charge in [0, 0.05) is 13.0 Å². The number of benzene rings is 1. The molecule has 3 heteroatoms. The first-order chi connectivity index (χ1) is 11.0. The first kappa shape index (κ1) is 15.5. The molecule has 0 spiro atoms. The van der Waals surface area contributed by atoms with Gasteiger partial charge in [0.2, 0.25) is 0 Å². The maximum atomic E-state index is 11.2. The molecule has 0 aliphatic heterocycles. The van der Waals surface area contributed by atoms with Gasteiger partial charge < -0.3 is 14.9 Å². The second-order valence-corrected chi connectivity index (χ2v) is 8.24. The molecule has 3 aliphatic carbocycles. The van der Waals surface area contributed by atoms with Gasteiger partial charge in [-0.1, -0.05) is 19.4 Å². The van der Waals surface area contributed by atoms with Crippen LogP contribution in [0, 0.1) is 17.3 Å². The lowest BCUT2D eigenvalue weighted by atomic mass is 9.53. The van der Waals surface area contributed by atoms with Gasteiger partial charge in [0.1, 0.15) is 5.75 Å². The van der Waals surface area contributed by atoms with Crippen molar-refractivity contribution in [3.8, 4) is 5.75 Å². The van der Waals surface area contributed by atoms with E-state index in [2.05, 4.69) is 13.0 Å². The number of methoxy groups -OCH3 is 1. The Morgan fingerprint density at radius 2 is 2.04 bits per heavy atom. The van der Waals surface area contributed by atoms with Gasteiger partial charge in [0.05, 0.1) is 12.7 Å². The first-order valence-corrected chi connectivity index (χ1v) is 9.05. The van der Waals surface area contributed by atoms with E-state index >= 15 is 0 Å². The summed E-state index contributed by atoms with van der Waals surface area (Å²) in [5, 5.41) is 21.2. The number of phenolic OH excluding ortho intramolecular Hbond substituents is 1. The zero-order valence-electron chi connectivity index (χ0n) is 14.2. The zero-order valence-corrected chi connectivity index (χ0v) is 14.2. The van der Waals surface area contributed by atoms with Gasteiger partial charge in [-0.25, -0.2) is 0 Å². The van der Waals surface area contributed by atoms with Crippen molar-refractivity contribution < 1.29 is 14.9 Å². The van der Waals surface area contributed by atoms with Gasteiger partial charge in [-0.3, -0.25) is 0 Å². The van der Waals surface area contributed by atoms with Crippen molar-refractivity contribution in [1.29, 1.82) is 0 Å². The molecule has 1 aromatic carbocycles. The molecule has 3 aliphatic rings. The summed E-state index contributed by atoms with van der Waals surface area (Å²) in [5.41, 5.74) is 2.85. The Morgan fingerprint density at radius 3 is 2.83 bits per heavy atom. The fourth-order valence-electron chi connectivity index (χ4n) is 6.07. The van der Waals surface area contributed by atoms with Gasteiger partial charge in [-0.05, 0) is 72.1 Å². The van der Waals surface area contributed by atoms with Crippen LogP contribution in [0.25, 0.3) is 0 Å². The summed E-state index contributed by atoms with van der Waals surface area (Å²) in [4.78, 5) is 0. The maximum Gasteiger partial charge on any atom is 0.115 e. The summed E-state index contributed by atoms with van der Waals surface area (Å²) in [7, 11) is 1.70. The van der Waals surface area contributed by atoms with Gasteiger partial charge in [0.15, 0.2) is 0 Å². The van der Waals surface area contributed by atoms with Crippen molar-refractivity contribution in [2.45, 2.75) is 57.0 Å². The van der Waals surface area contributed by atoms with E-state index in [1.54, 1.807) is 13.2 Å². The average Bonchev–Trinajstić information content (AvgIpc) is 2.92. The van der Waals surface area contributed by atoms with Crippen LogP contribution in [0.4, 0.5) is 0 Å². The summed E-state index contributed by atoms with van der Waals surface area (Å²) >= 11 is 0. The Balaban J connectivity index is 1.80. The minimum Gasteiger partial charge on any atom is -0.508 e. The predicted molar refractivity (Wildman–Crippen MR) is 89.6 cm³/mol. The van der Waals surface area contributed by atoms with Crippen molar-refractivity contribution in [3.63, 3.8) is 0 Å². The summed E-state index contributed by atoms with van der Waals surface area (Å²) < 4.78 is 5.42. The molecule has 126 valence electrons. The van der Waals surface area contributed by atoms with Crippen LogP contribution in [-0.2, 0) is 4.74 Å². The van der Waals surface area contributed by atoms with E-state index in [0.717, 1.165) is 12.0 Å². The lowest BCUT2D eigenvalue weighted by Crippen LogP contribution is -2.48. The van der Waals surface area contributed by atoms with E-state index in [0.29, 0.717) is 29.8 Å². The van der Waals surface area contributed by atoms with Gasteiger partial charge in [-0.15, -0.1) is 0 Å². The molecule has 2 fully saturated rings. The number of fused-ring (bicyclic) bond motifs is 5. The normalized spacial score (nSPS) is 42.0. The van der Waals surface area contributed by atoms with E-state index in [1.165, 1.54) is 31.2 Å². The molecule has 2 N–H and O–H groups in total. The van der Waals surface area contributed by atoms with E-state index in [9.17, 15) is 10.2 Å². The van der Waals surface area contributed by atoms with Crippen LogP contribution in [0.15, 0.2) is 18.2 Å². The molecular formula is C20H28O3. The number of hydrogen-bond donors (Lipinski definition) is 2. The van der Waals surface area contributed by atoms with Crippen molar-refractivity contribution in [3.05, 3.63) is 29.3 Å². The molecule has 0 heterocycles. The molecule has 0 radical (unpaired) electrons. The Hall–Kier alpha value is -1.06. The number of aliphatic hydroxyl groups is 1. The molecule has 0 bridgehead atoms. The van der Waals surface area contributed by atoms with Gasteiger partial charge >= 0.3 is 0 Å². The Bertz CT molecular complexity index is 599. The van der Waals surface area contributed by atoms with Crippen LogP contribution >= 0.6 is 0 Å². The molecule has 0 amide bonds. The zero-order chi connectivity index (χ0) is 16.2. The van der Waals surface area contributed by atoms with Crippen molar-refractivity contribution in [2.75, 3.05) is 13.7 Å². The largest absolute Gasteiger partial charge is 0.508 e. The summed E-state index contributed by atoms with van der Waals surface area (Å²) in [6.45, 7) is 2.95. The molecule has 2 saturated carbocycles. The molecule has 3 nitrogen and oxygen atoms in total. The number of rotatable bonds is 2. The highest BCUT2D eigenvalue weighted by atomic mass is 16.5. The summed E-state index contributed by atoms with van der Waals surface area (Å²) in [6.07, 6.45) is 5.92. The highest BCUT2D eigenvalue weighted by molar-refractivity contribution is 5.43. The number of hydrogen-bond acceptors (Lipinski definition) is 3. The van der Waals surface area contributed by atoms with E-state index < -0.39 is 0 Å². The molecule has 1 aromatic rings. The molecule has 1 unspecified atom stereocenters. The second kappa shape index (κ2) is 5.49. The Kier molecular flexibility index (Phi) is 3.69. The van der Waals surface area contributed by atoms with Crippen LogP contribution in [0.3, 0.4) is 0 Å². The quantitative estimate of drug-likeness (QED) is 0.872. The summed E-state index contributed by atoms with van der Waals surface area (Å²) in [6, 6.07) is 5.75. The van der Waals surface area contributed by atoms with Crippen molar-refractivity contribution >= 4 is 0 Å². The predicted octanol–water partition coefficient (Wildman–Crippen LogP) is 3.80. The molecule has 0 aromatic heterocycles. The third-order valence-corrected chi connectivity index (χ3v) is 7.14. The third-order valence-electron chi connectivity index (χ3n) is 7.14. The molecule has 0 saturated heterocycles. The lowest BCUT2D eigenvalue weighted by molar-refractivity contribution is -0.0504. The van der Waals surface area contributed by atoms with E-state index in [-0.39, 0.29) is 17.8 Å². The number of aromatic hydroxyl groups is 1. The molecule has 4 rings (SSSR count). The highest BCUT2D eigenvalue weighted by Crippen LogP contribution is 2.62. The minimum absolute atomic E-state index is 0.0219. The summed E-state index contributed by atoms with van der Waals surface area (Å²) in [5.74, 6) is 1.67. The van der Waals surface area contributed by atoms with Crippen LogP contribution < -0.4 is 0 Å². The SMILES string of the molecule is COC[C@H]1c2cc(O)ccc2[C@H]2CC[C@]3(C)CCC[C@H]3[C@H]2C1O. The lowest BCUT2D eigenvalue weighted by Gasteiger charge is -2.53. The smallest absolute Gasteiger partial charge is 0.115 e. The third kappa shape index (κ3) is 2.24. The van der Waals surface area contributed by atoms with Crippen LogP contribution in [0.2, 0.25) is 0 Å². The van der Waals surface area contributed by atoms with E-state index in [1.807, 2.05) is 6.07 Å². The van der Waals surface area contributed by atoms with Crippen LogP contribution in [0.1, 0.15) is 62.0 Å². The number of aliphatic hydroxyl groups excluding tert-OH is 1. The molecular weight excluding hydrogens is 288 g/mol. The standard InChI is InChI=1S/C20H28O3/c1-20-8-3-4-17(20)18-14(7-9-20)13-6-5-12(21)10-15(13)16(11-23-2)19(18)22/h5-6,10,14,16-19,21-22H,3-4,7-9,11H2,1-2H3/t14-,16+,17+,18+,19?,20+/m1/s1. The first-order valence-electron chi connectivity index (χ1n) is 9.05. The maximum absolute atomic E-state index is 11.2. The number of phenols is 1. The monoisotopic (exact) mass is 316 g/mol. The van der Waals surface area contributed by atoms with Gasteiger partial charge in [0.25, 0.3) is 0 Å². The van der Waals surface area contributed by atoms with Crippen molar-refractivity contribution in [1.82, 2.24) is 0 Å². The fourth-order valence-corrected chi connectivity index (χ4v) is 6.07. The van der Waals surface area contributed by atoms with Gasteiger partial charge in [-0.2, -0.15) is 0 Å². The Labute approximate surface area is 138 Å². The average molecular weight is 316 g/mol. The fraction of sp³-hybridized carbons (Fsp3) is 0.700. The molecule has 23 heavy (non-hydrogen) atoms. The van der Waals surface area contributed by atoms with Crippen molar-refractivity contribution in [2.24, 2.45) is 17.3 Å². The highest BCUT2D eigenvalue weighted by Gasteiger charge is 2.55. The minimum atomic E-state index is -0.364. The second-order valence-electron chi connectivity index (χ2n) is 8.24.